The maximum Gasteiger partial charge on any atom is 0.573 e. The minimum absolute atomic E-state index is 0.0965. The SMILES string of the molecule is Cc1c(-c2ccc(Oc3ccc(OC(F)(F)F)cc3)cc2)c(=O)c2c(n1C)CCCC2. The Labute approximate surface area is 177 Å². The van der Waals surface area contributed by atoms with Crippen molar-refractivity contribution in [2.75, 3.05) is 0 Å². The second kappa shape index (κ2) is 8.13. The molecule has 0 saturated carbocycles. The first-order valence-corrected chi connectivity index (χ1v) is 10.1. The molecule has 1 aromatic heterocycles. The standard InChI is InChI=1S/C24H22F3NO3/c1-15-22(23(29)20-5-3-4-6-21(20)28(15)2)16-7-9-17(10-8-16)30-18-11-13-19(14-12-18)31-24(25,26)27/h7-14H,3-6H2,1-2H3. The summed E-state index contributed by atoms with van der Waals surface area (Å²) in [7, 11) is 2.01. The van der Waals surface area contributed by atoms with Crippen molar-refractivity contribution in [2.24, 2.45) is 7.05 Å². The number of hydrogen-bond donors (Lipinski definition) is 0. The van der Waals surface area contributed by atoms with Crippen molar-refractivity contribution < 1.29 is 22.6 Å². The zero-order valence-electron chi connectivity index (χ0n) is 17.3. The average molecular weight is 429 g/mol. The monoisotopic (exact) mass is 429 g/mol. The van der Waals surface area contributed by atoms with Crippen LogP contribution in [0.25, 0.3) is 11.1 Å². The Hall–Kier alpha value is -3.22. The molecule has 0 radical (unpaired) electrons. The lowest BCUT2D eigenvalue weighted by atomic mass is 9.91. The molecule has 31 heavy (non-hydrogen) atoms. The molecule has 1 aliphatic carbocycles. The molecule has 0 bridgehead atoms. The molecule has 3 aromatic rings. The van der Waals surface area contributed by atoms with E-state index in [1.54, 1.807) is 12.1 Å². The number of halogens is 3. The lowest BCUT2D eigenvalue weighted by Crippen LogP contribution is -2.25. The van der Waals surface area contributed by atoms with E-state index < -0.39 is 6.36 Å². The van der Waals surface area contributed by atoms with Crippen LogP contribution in [-0.2, 0) is 19.9 Å². The number of fused-ring (bicyclic) bond motifs is 1. The van der Waals surface area contributed by atoms with Crippen LogP contribution in [0.1, 0.15) is 29.8 Å². The van der Waals surface area contributed by atoms with Crippen molar-refractivity contribution in [1.29, 1.82) is 0 Å². The predicted molar refractivity (Wildman–Crippen MR) is 112 cm³/mol. The van der Waals surface area contributed by atoms with Gasteiger partial charge in [-0.05, 0) is 74.6 Å². The number of rotatable bonds is 4. The van der Waals surface area contributed by atoms with Crippen LogP contribution in [0.4, 0.5) is 13.2 Å². The Morgan fingerprint density at radius 1 is 0.871 bits per heavy atom. The molecule has 0 saturated heterocycles. The lowest BCUT2D eigenvalue weighted by molar-refractivity contribution is -0.274. The molecular formula is C24H22F3NO3. The van der Waals surface area contributed by atoms with Crippen molar-refractivity contribution >= 4 is 0 Å². The number of ether oxygens (including phenoxy) is 2. The summed E-state index contributed by atoms with van der Waals surface area (Å²) in [6, 6.07) is 12.3. The van der Waals surface area contributed by atoms with Crippen molar-refractivity contribution in [2.45, 2.75) is 39.0 Å². The van der Waals surface area contributed by atoms with Crippen LogP contribution in [0.15, 0.2) is 53.3 Å². The molecule has 0 fully saturated rings. The highest BCUT2D eigenvalue weighted by Gasteiger charge is 2.31. The predicted octanol–water partition coefficient (Wildman–Crippen LogP) is 5.93. The fourth-order valence-corrected chi connectivity index (χ4v) is 4.06. The third kappa shape index (κ3) is 4.45. The summed E-state index contributed by atoms with van der Waals surface area (Å²) >= 11 is 0. The van der Waals surface area contributed by atoms with E-state index in [1.807, 2.05) is 26.1 Å². The Kier molecular flexibility index (Phi) is 5.52. The van der Waals surface area contributed by atoms with Crippen LogP contribution >= 0.6 is 0 Å². The van der Waals surface area contributed by atoms with Gasteiger partial charge in [-0.1, -0.05) is 12.1 Å². The van der Waals surface area contributed by atoms with Gasteiger partial charge in [-0.15, -0.1) is 13.2 Å². The van der Waals surface area contributed by atoms with Gasteiger partial charge in [-0.3, -0.25) is 4.79 Å². The van der Waals surface area contributed by atoms with Gasteiger partial charge in [0, 0.05) is 29.6 Å². The molecule has 0 unspecified atom stereocenters. The lowest BCUT2D eigenvalue weighted by Gasteiger charge is -2.23. The molecule has 0 amide bonds. The maximum atomic E-state index is 13.2. The molecule has 0 spiro atoms. The van der Waals surface area contributed by atoms with Gasteiger partial charge in [0.25, 0.3) is 0 Å². The summed E-state index contributed by atoms with van der Waals surface area (Å²) in [6.07, 6.45) is -0.852. The Morgan fingerprint density at radius 3 is 2.03 bits per heavy atom. The number of benzene rings is 2. The highest BCUT2D eigenvalue weighted by molar-refractivity contribution is 5.68. The van der Waals surface area contributed by atoms with Crippen molar-refractivity contribution in [3.05, 3.63) is 75.7 Å². The van der Waals surface area contributed by atoms with Gasteiger partial charge in [-0.25, -0.2) is 0 Å². The van der Waals surface area contributed by atoms with Gasteiger partial charge in [0.05, 0.1) is 0 Å². The highest BCUT2D eigenvalue weighted by Crippen LogP contribution is 2.30. The molecule has 2 aromatic carbocycles. The first kappa shape index (κ1) is 21.0. The van der Waals surface area contributed by atoms with Crippen LogP contribution in [-0.4, -0.2) is 10.9 Å². The van der Waals surface area contributed by atoms with Gasteiger partial charge in [-0.2, -0.15) is 0 Å². The molecule has 1 heterocycles. The van der Waals surface area contributed by atoms with Crippen LogP contribution in [0.3, 0.4) is 0 Å². The summed E-state index contributed by atoms with van der Waals surface area (Å²) in [5, 5.41) is 0. The van der Waals surface area contributed by atoms with Gasteiger partial charge in [0.2, 0.25) is 0 Å². The third-order valence-electron chi connectivity index (χ3n) is 5.65. The first-order chi connectivity index (χ1) is 14.7. The Balaban J connectivity index is 1.57. The topological polar surface area (TPSA) is 40.5 Å². The van der Waals surface area contributed by atoms with Crippen LogP contribution in [0, 0.1) is 6.92 Å². The second-order valence-electron chi connectivity index (χ2n) is 7.63. The van der Waals surface area contributed by atoms with Gasteiger partial charge in [0.1, 0.15) is 17.2 Å². The van der Waals surface area contributed by atoms with Crippen molar-refractivity contribution in [3.63, 3.8) is 0 Å². The molecule has 0 N–H and O–H groups in total. The van der Waals surface area contributed by atoms with Gasteiger partial charge in [0.15, 0.2) is 5.43 Å². The molecule has 0 aliphatic heterocycles. The number of nitrogens with zero attached hydrogens (tertiary/aromatic N) is 1. The molecule has 162 valence electrons. The second-order valence-corrected chi connectivity index (χ2v) is 7.63. The average Bonchev–Trinajstić information content (AvgIpc) is 2.74. The molecule has 4 rings (SSSR count). The van der Waals surface area contributed by atoms with Gasteiger partial charge >= 0.3 is 6.36 Å². The zero-order valence-corrected chi connectivity index (χ0v) is 17.3. The summed E-state index contributed by atoms with van der Waals surface area (Å²) < 4.78 is 48.5. The fraction of sp³-hybridized carbons (Fsp3) is 0.292. The van der Waals surface area contributed by atoms with Crippen LogP contribution in [0.2, 0.25) is 0 Å². The molecule has 7 heteroatoms. The van der Waals surface area contributed by atoms with E-state index in [1.165, 1.54) is 24.3 Å². The number of hydrogen-bond acceptors (Lipinski definition) is 3. The normalized spacial score (nSPS) is 13.6. The van der Waals surface area contributed by atoms with Crippen molar-refractivity contribution in [3.8, 4) is 28.4 Å². The summed E-state index contributed by atoms with van der Waals surface area (Å²) in [6.45, 7) is 1.96. The molecule has 4 nitrogen and oxygen atoms in total. The largest absolute Gasteiger partial charge is 0.573 e. The summed E-state index contributed by atoms with van der Waals surface area (Å²) in [5.41, 5.74) is 4.58. The summed E-state index contributed by atoms with van der Waals surface area (Å²) in [4.78, 5) is 13.2. The first-order valence-electron chi connectivity index (χ1n) is 10.1. The number of aromatic nitrogens is 1. The Bertz CT molecular complexity index is 1150. The minimum Gasteiger partial charge on any atom is -0.457 e. The number of pyridine rings is 1. The van der Waals surface area contributed by atoms with E-state index in [0.29, 0.717) is 17.1 Å². The molecular weight excluding hydrogens is 407 g/mol. The third-order valence-corrected chi connectivity index (χ3v) is 5.65. The quantitative estimate of drug-likeness (QED) is 0.516. The van der Waals surface area contributed by atoms with Crippen LogP contribution in [0.5, 0.6) is 17.2 Å². The maximum absolute atomic E-state index is 13.2. The van der Waals surface area contributed by atoms with E-state index in [0.717, 1.165) is 48.2 Å². The van der Waals surface area contributed by atoms with E-state index in [-0.39, 0.29) is 11.2 Å². The highest BCUT2D eigenvalue weighted by atomic mass is 19.4. The van der Waals surface area contributed by atoms with E-state index >= 15 is 0 Å². The van der Waals surface area contributed by atoms with Crippen molar-refractivity contribution in [1.82, 2.24) is 4.57 Å². The molecule has 0 atom stereocenters. The Morgan fingerprint density at radius 2 is 1.42 bits per heavy atom. The van der Waals surface area contributed by atoms with E-state index in [4.69, 9.17) is 4.74 Å². The molecule has 1 aliphatic rings. The van der Waals surface area contributed by atoms with Gasteiger partial charge < -0.3 is 14.0 Å². The minimum atomic E-state index is -4.73. The smallest absolute Gasteiger partial charge is 0.457 e. The van der Waals surface area contributed by atoms with E-state index in [9.17, 15) is 18.0 Å². The van der Waals surface area contributed by atoms with Crippen LogP contribution < -0.4 is 14.9 Å². The zero-order chi connectivity index (χ0) is 22.2. The number of alkyl halides is 3. The van der Waals surface area contributed by atoms with E-state index in [2.05, 4.69) is 9.30 Å². The summed E-state index contributed by atoms with van der Waals surface area (Å²) in [5.74, 6) is 0.581. The fourth-order valence-electron chi connectivity index (χ4n) is 4.06.